The van der Waals surface area contributed by atoms with Gasteiger partial charge in [0.15, 0.2) is 0 Å². The van der Waals surface area contributed by atoms with Crippen LogP contribution < -0.4 is 5.32 Å². The highest BCUT2D eigenvalue weighted by atomic mass is 32.2. The summed E-state index contributed by atoms with van der Waals surface area (Å²) in [5, 5.41) is 14.1. The predicted octanol–water partition coefficient (Wildman–Crippen LogP) is 2.48. The van der Waals surface area contributed by atoms with Crippen LogP contribution in [0.1, 0.15) is 26.2 Å². The van der Waals surface area contributed by atoms with Gasteiger partial charge in [0.2, 0.25) is 0 Å². The molecular formula is C14H20N2O3S. The fourth-order valence-electron chi connectivity index (χ4n) is 2.17. The summed E-state index contributed by atoms with van der Waals surface area (Å²) < 4.78 is 12.3. The second-order valence-corrected chi connectivity index (χ2v) is 6.66. The van der Waals surface area contributed by atoms with Gasteiger partial charge in [0, 0.05) is 28.8 Å². The lowest BCUT2D eigenvalue weighted by atomic mass is 10.2. The molecule has 2 rings (SSSR count). The Kier molecular flexibility index (Phi) is 5.25. The summed E-state index contributed by atoms with van der Waals surface area (Å²) >= 11 is 0. The van der Waals surface area contributed by atoms with Crippen molar-refractivity contribution in [2.45, 2.75) is 37.1 Å². The summed E-state index contributed by atoms with van der Waals surface area (Å²) in [5.41, 5.74) is 0.0357. The van der Waals surface area contributed by atoms with Gasteiger partial charge in [-0.2, -0.15) is 0 Å². The maximum atomic E-state index is 12.3. The van der Waals surface area contributed by atoms with Crippen LogP contribution in [0.25, 0.3) is 0 Å². The van der Waals surface area contributed by atoms with Gasteiger partial charge in [-0.3, -0.25) is 14.3 Å². The molecule has 2 unspecified atom stereocenters. The predicted molar refractivity (Wildman–Crippen MR) is 79.2 cm³/mol. The zero-order chi connectivity index (χ0) is 14.5. The number of nitrogens with one attached hydrogen (secondary N) is 1. The van der Waals surface area contributed by atoms with E-state index < -0.39 is 15.7 Å². The van der Waals surface area contributed by atoms with Gasteiger partial charge in [0.25, 0.3) is 5.69 Å². The van der Waals surface area contributed by atoms with E-state index in [-0.39, 0.29) is 5.69 Å². The van der Waals surface area contributed by atoms with Crippen LogP contribution in [0.5, 0.6) is 0 Å². The lowest BCUT2D eigenvalue weighted by molar-refractivity contribution is -0.384. The topological polar surface area (TPSA) is 72.2 Å². The van der Waals surface area contributed by atoms with Crippen molar-refractivity contribution in [1.82, 2.24) is 5.32 Å². The van der Waals surface area contributed by atoms with E-state index in [0.717, 1.165) is 13.0 Å². The van der Waals surface area contributed by atoms with Crippen LogP contribution in [0.2, 0.25) is 0 Å². The van der Waals surface area contributed by atoms with Crippen LogP contribution in [0.3, 0.4) is 0 Å². The zero-order valence-electron chi connectivity index (χ0n) is 11.6. The van der Waals surface area contributed by atoms with Gasteiger partial charge >= 0.3 is 0 Å². The Hall–Kier alpha value is -1.27. The Morgan fingerprint density at radius 2 is 2.05 bits per heavy atom. The van der Waals surface area contributed by atoms with Crippen molar-refractivity contribution >= 4 is 16.5 Å². The second kappa shape index (κ2) is 6.95. The molecule has 1 aromatic carbocycles. The van der Waals surface area contributed by atoms with Gasteiger partial charge in [-0.05, 0) is 43.9 Å². The van der Waals surface area contributed by atoms with Crippen molar-refractivity contribution in [1.29, 1.82) is 0 Å². The van der Waals surface area contributed by atoms with E-state index in [2.05, 4.69) is 12.2 Å². The van der Waals surface area contributed by atoms with Gasteiger partial charge in [-0.1, -0.05) is 6.92 Å². The van der Waals surface area contributed by atoms with E-state index in [1.807, 2.05) is 0 Å². The Morgan fingerprint density at radius 1 is 1.40 bits per heavy atom. The van der Waals surface area contributed by atoms with Gasteiger partial charge in [0.05, 0.1) is 15.7 Å². The molecule has 1 aliphatic carbocycles. The Balaban J connectivity index is 1.97. The lowest BCUT2D eigenvalue weighted by Crippen LogP contribution is -2.36. The highest BCUT2D eigenvalue weighted by Gasteiger charge is 2.32. The van der Waals surface area contributed by atoms with E-state index in [0.29, 0.717) is 22.6 Å². The Morgan fingerprint density at radius 3 is 2.55 bits per heavy atom. The van der Waals surface area contributed by atoms with Crippen molar-refractivity contribution in [2.75, 3.05) is 12.3 Å². The van der Waals surface area contributed by atoms with Crippen molar-refractivity contribution < 1.29 is 9.13 Å². The molecule has 0 amide bonds. The number of hydrogen-bond acceptors (Lipinski definition) is 4. The zero-order valence-corrected chi connectivity index (χ0v) is 12.4. The smallest absolute Gasteiger partial charge is 0.269 e. The first-order valence-electron chi connectivity index (χ1n) is 6.98. The number of rotatable bonds is 8. The van der Waals surface area contributed by atoms with E-state index in [1.165, 1.54) is 25.0 Å². The summed E-state index contributed by atoms with van der Waals surface area (Å²) in [6.45, 7) is 3.06. The highest BCUT2D eigenvalue weighted by Crippen LogP contribution is 2.33. The van der Waals surface area contributed by atoms with Crippen molar-refractivity contribution in [3.05, 3.63) is 34.4 Å². The first-order chi connectivity index (χ1) is 9.61. The third-order valence-electron chi connectivity index (χ3n) is 3.49. The van der Waals surface area contributed by atoms with E-state index in [9.17, 15) is 14.3 Å². The van der Waals surface area contributed by atoms with Gasteiger partial charge in [-0.15, -0.1) is 0 Å². The van der Waals surface area contributed by atoms with Gasteiger partial charge in [0.1, 0.15) is 0 Å². The number of nitro benzene ring substituents is 1. The molecule has 1 aliphatic rings. The first kappa shape index (κ1) is 15.1. The molecule has 0 bridgehead atoms. The van der Waals surface area contributed by atoms with Crippen molar-refractivity contribution in [3.8, 4) is 0 Å². The third kappa shape index (κ3) is 4.11. The number of nitrogens with zero attached hydrogens (tertiary/aromatic N) is 1. The summed E-state index contributed by atoms with van der Waals surface area (Å²) in [6, 6.07) is 6.32. The minimum atomic E-state index is -1.10. The fourth-order valence-corrected chi connectivity index (χ4v) is 3.52. The SMILES string of the molecule is CCCNC(CS(=O)c1ccc([N+](=O)[O-])cc1)C1CC1. The fraction of sp³-hybridized carbons (Fsp3) is 0.571. The molecule has 5 nitrogen and oxygen atoms in total. The Labute approximate surface area is 121 Å². The summed E-state index contributed by atoms with van der Waals surface area (Å²) in [7, 11) is -1.10. The molecule has 0 aromatic heterocycles. The van der Waals surface area contributed by atoms with Crippen LogP contribution in [0.4, 0.5) is 5.69 Å². The molecule has 0 heterocycles. The van der Waals surface area contributed by atoms with E-state index >= 15 is 0 Å². The minimum Gasteiger partial charge on any atom is -0.313 e. The lowest BCUT2D eigenvalue weighted by Gasteiger charge is -2.17. The largest absolute Gasteiger partial charge is 0.313 e. The van der Waals surface area contributed by atoms with Crippen LogP contribution in [-0.2, 0) is 10.8 Å². The highest BCUT2D eigenvalue weighted by molar-refractivity contribution is 7.85. The number of hydrogen-bond donors (Lipinski definition) is 1. The average molecular weight is 296 g/mol. The molecule has 110 valence electrons. The Bertz CT molecular complexity index is 486. The monoisotopic (exact) mass is 296 g/mol. The van der Waals surface area contributed by atoms with Crippen LogP contribution in [-0.4, -0.2) is 27.5 Å². The normalized spacial score (nSPS) is 17.6. The molecular weight excluding hydrogens is 276 g/mol. The first-order valence-corrected chi connectivity index (χ1v) is 8.30. The van der Waals surface area contributed by atoms with Gasteiger partial charge in [-0.25, -0.2) is 0 Å². The maximum absolute atomic E-state index is 12.3. The molecule has 1 saturated carbocycles. The average Bonchev–Trinajstić information content (AvgIpc) is 3.27. The standard InChI is InChI=1S/C14H20N2O3S/c1-2-9-15-14(11-3-4-11)10-20(19)13-7-5-12(6-8-13)16(17)18/h5-8,11,14-15H,2-4,9-10H2,1H3. The quantitative estimate of drug-likeness (QED) is 0.591. The third-order valence-corrected chi connectivity index (χ3v) is 4.95. The van der Waals surface area contributed by atoms with E-state index in [4.69, 9.17) is 0 Å². The summed E-state index contributed by atoms with van der Waals surface area (Å²) in [6.07, 6.45) is 3.48. The van der Waals surface area contributed by atoms with Crippen LogP contribution in [0.15, 0.2) is 29.2 Å². The summed E-state index contributed by atoms with van der Waals surface area (Å²) in [4.78, 5) is 10.8. The summed E-state index contributed by atoms with van der Waals surface area (Å²) in [5.74, 6) is 1.23. The molecule has 0 saturated heterocycles. The van der Waals surface area contributed by atoms with Crippen molar-refractivity contribution in [3.63, 3.8) is 0 Å². The molecule has 1 N–H and O–H groups in total. The second-order valence-electron chi connectivity index (χ2n) is 5.16. The maximum Gasteiger partial charge on any atom is 0.269 e. The van der Waals surface area contributed by atoms with E-state index in [1.54, 1.807) is 12.1 Å². The molecule has 6 heteroatoms. The number of nitro groups is 1. The molecule has 0 spiro atoms. The molecule has 2 atom stereocenters. The van der Waals surface area contributed by atoms with Gasteiger partial charge < -0.3 is 5.32 Å². The van der Waals surface area contributed by atoms with Crippen LogP contribution in [0, 0.1) is 16.0 Å². The minimum absolute atomic E-state index is 0.0357. The number of benzene rings is 1. The molecule has 0 radical (unpaired) electrons. The number of non-ortho nitro benzene ring substituents is 1. The van der Waals surface area contributed by atoms with Crippen LogP contribution >= 0.6 is 0 Å². The van der Waals surface area contributed by atoms with Crippen molar-refractivity contribution in [2.24, 2.45) is 5.92 Å². The molecule has 0 aliphatic heterocycles. The molecule has 1 fully saturated rings. The molecule has 1 aromatic rings. The molecule has 20 heavy (non-hydrogen) atoms.